The first-order valence-corrected chi connectivity index (χ1v) is 27.0. The van der Waals surface area contributed by atoms with E-state index in [4.69, 9.17) is 14.2 Å². The summed E-state index contributed by atoms with van der Waals surface area (Å²) < 4.78 is 16.8. The van der Waals surface area contributed by atoms with Gasteiger partial charge in [0.05, 0.1) is 0 Å². The summed E-state index contributed by atoms with van der Waals surface area (Å²) in [6.45, 7) is 5.90. The van der Waals surface area contributed by atoms with Crippen molar-refractivity contribution in [3.8, 4) is 0 Å². The van der Waals surface area contributed by atoms with Crippen molar-refractivity contribution in [2.45, 2.75) is 309 Å². The van der Waals surface area contributed by atoms with Crippen LogP contribution in [0.3, 0.4) is 0 Å². The van der Waals surface area contributed by atoms with Crippen LogP contribution in [0.5, 0.6) is 0 Å². The molecule has 8 heteroatoms. The lowest BCUT2D eigenvalue weighted by molar-refractivity contribution is -0.167. The topological polar surface area (TPSA) is 116 Å². The standard InChI is InChI=1S/C54H102O8/c1-4-6-8-10-12-14-16-19-24-28-32-36-40-44-52(57)60-47-50(62-54(59)46-42-38-34-30-26-20-17-15-13-11-9-7-5-2)48-61-53(58)45-41-37-33-29-25-22-18-21-23-27-31-35-39-43-51(56)49(3)55/h49-50,55H,4-48H2,1-3H3. The van der Waals surface area contributed by atoms with Crippen molar-refractivity contribution in [3.63, 3.8) is 0 Å². The summed E-state index contributed by atoms with van der Waals surface area (Å²) in [4.78, 5) is 49.5. The number of hydrogen-bond acceptors (Lipinski definition) is 8. The van der Waals surface area contributed by atoms with E-state index in [1.165, 1.54) is 173 Å². The van der Waals surface area contributed by atoms with E-state index in [0.717, 1.165) is 77.0 Å². The smallest absolute Gasteiger partial charge is 0.306 e. The van der Waals surface area contributed by atoms with Crippen molar-refractivity contribution in [1.29, 1.82) is 0 Å². The number of aliphatic hydroxyl groups excluding tert-OH is 1. The first-order chi connectivity index (χ1) is 30.3. The van der Waals surface area contributed by atoms with Gasteiger partial charge in [-0.3, -0.25) is 19.2 Å². The molecule has 0 aliphatic rings. The van der Waals surface area contributed by atoms with E-state index in [2.05, 4.69) is 13.8 Å². The van der Waals surface area contributed by atoms with Gasteiger partial charge in [-0.1, -0.05) is 239 Å². The van der Waals surface area contributed by atoms with Gasteiger partial charge < -0.3 is 19.3 Å². The summed E-state index contributed by atoms with van der Waals surface area (Å²) in [5.41, 5.74) is 0. The van der Waals surface area contributed by atoms with E-state index in [9.17, 15) is 24.3 Å². The minimum atomic E-state index is -0.827. The van der Waals surface area contributed by atoms with Crippen molar-refractivity contribution in [1.82, 2.24) is 0 Å². The average Bonchev–Trinajstić information content (AvgIpc) is 3.26. The number of ketones is 1. The molecule has 0 aromatic rings. The van der Waals surface area contributed by atoms with Crippen molar-refractivity contribution in [2.75, 3.05) is 13.2 Å². The molecule has 0 saturated heterocycles. The highest BCUT2D eigenvalue weighted by Crippen LogP contribution is 2.17. The number of ether oxygens (including phenoxy) is 3. The van der Waals surface area contributed by atoms with Gasteiger partial charge in [0.1, 0.15) is 19.3 Å². The predicted octanol–water partition coefficient (Wildman–Crippen LogP) is 15.7. The van der Waals surface area contributed by atoms with Gasteiger partial charge in [0.15, 0.2) is 11.9 Å². The molecule has 2 atom stereocenters. The molecule has 0 fully saturated rings. The van der Waals surface area contributed by atoms with E-state index in [0.29, 0.717) is 25.7 Å². The van der Waals surface area contributed by atoms with E-state index in [1.54, 1.807) is 6.92 Å². The van der Waals surface area contributed by atoms with Crippen LogP contribution in [0.15, 0.2) is 0 Å². The lowest BCUT2D eigenvalue weighted by Gasteiger charge is -2.18. The molecule has 0 heterocycles. The number of carbonyl (C=O) groups is 4. The van der Waals surface area contributed by atoms with Crippen LogP contribution in [-0.2, 0) is 33.4 Å². The van der Waals surface area contributed by atoms with Gasteiger partial charge in [-0.05, 0) is 32.6 Å². The average molecular weight is 879 g/mol. The summed E-state index contributed by atoms with van der Waals surface area (Å²) in [5, 5.41) is 9.26. The van der Waals surface area contributed by atoms with E-state index in [-0.39, 0.29) is 36.9 Å². The normalized spacial score (nSPS) is 12.3. The first-order valence-electron chi connectivity index (χ1n) is 27.0. The van der Waals surface area contributed by atoms with Gasteiger partial charge in [-0.15, -0.1) is 0 Å². The lowest BCUT2D eigenvalue weighted by Crippen LogP contribution is -2.30. The second kappa shape index (κ2) is 48.5. The van der Waals surface area contributed by atoms with Gasteiger partial charge in [-0.2, -0.15) is 0 Å². The van der Waals surface area contributed by atoms with Crippen molar-refractivity contribution in [3.05, 3.63) is 0 Å². The summed E-state index contributed by atoms with van der Waals surface area (Å²) >= 11 is 0. The first kappa shape index (κ1) is 60.0. The number of rotatable bonds is 50. The molecule has 1 N–H and O–H groups in total. The summed E-state index contributed by atoms with van der Waals surface area (Å²) in [6.07, 6.45) is 46.9. The van der Waals surface area contributed by atoms with Crippen LogP contribution in [0.25, 0.3) is 0 Å². The number of hydrogen-bond donors (Lipinski definition) is 1. The van der Waals surface area contributed by atoms with Gasteiger partial charge in [0.2, 0.25) is 0 Å². The molecule has 0 saturated carbocycles. The molecular formula is C54H102O8. The summed E-state index contributed by atoms with van der Waals surface area (Å²) in [5.74, 6) is -0.947. The van der Waals surface area contributed by atoms with Crippen LogP contribution in [0, 0.1) is 0 Å². The number of esters is 3. The quantitative estimate of drug-likeness (QED) is 0.0365. The Kier molecular flexibility index (Phi) is 47.0. The molecule has 0 aromatic heterocycles. The van der Waals surface area contributed by atoms with Crippen LogP contribution >= 0.6 is 0 Å². The molecule has 62 heavy (non-hydrogen) atoms. The fraction of sp³-hybridized carbons (Fsp3) is 0.926. The van der Waals surface area contributed by atoms with Crippen molar-refractivity contribution in [2.24, 2.45) is 0 Å². The third kappa shape index (κ3) is 46.0. The Morgan fingerprint density at radius 3 is 0.823 bits per heavy atom. The SMILES string of the molecule is CCCCCCCCCCCCCCCC(=O)OCC(COC(=O)CCCCCCCCCCCCCCCC(=O)C(C)O)OC(=O)CCCCCCCCCCCCCCC. The Hall–Kier alpha value is -1.96. The Morgan fingerprint density at radius 2 is 0.565 bits per heavy atom. The van der Waals surface area contributed by atoms with Gasteiger partial charge >= 0.3 is 17.9 Å². The van der Waals surface area contributed by atoms with Crippen LogP contribution in [0.4, 0.5) is 0 Å². The monoisotopic (exact) mass is 879 g/mol. The minimum Gasteiger partial charge on any atom is -0.462 e. The molecule has 0 aliphatic carbocycles. The molecule has 2 unspecified atom stereocenters. The predicted molar refractivity (Wildman–Crippen MR) is 258 cm³/mol. The molecule has 0 rings (SSSR count). The maximum absolute atomic E-state index is 12.8. The van der Waals surface area contributed by atoms with Crippen LogP contribution < -0.4 is 0 Å². The minimum absolute atomic E-state index is 0.0472. The van der Waals surface area contributed by atoms with E-state index < -0.39 is 12.2 Å². The Labute approximate surface area is 383 Å². The number of Topliss-reactive ketones (excluding diaryl/α,β-unsaturated/α-hetero) is 1. The van der Waals surface area contributed by atoms with Crippen molar-refractivity contribution >= 4 is 23.7 Å². The number of unbranched alkanes of at least 4 members (excludes halogenated alkanes) is 36. The van der Waals surface area contributed by atoms with Crippen molar-refractivity contribution < 1.29 is 38.5 Å². The highest BCUT2D eigenvalue weighted by molar-refractivity contribution is 5.82. The maximum atomic E-state index is 12.8. The van der Waals surface area contributed by atoms with Crippen LogP contribution in [-0.4, -0.2) is 54.2 Å². The van der Waals surface area contributed by atoms with Gasteiger partial charge in [0.25, 0.3) is 0 Å². The molecule has 0 spiro atoms. The molecule has 0 aliphatic heterocycles. The highest BCUT2D eigenvalue weighted by Gasteiger charge is 2.19. The van der Waals surface area contributed by atoms with E-state index >= 15 is 0 Å². The van der Waals surface area contributed by atoms with Gasteiger partial charge in [-0.25, -0.2) is 0 Å². The molecular weight excluding hydrogens is 777 g/mol. The molecule has 366 valence electrons. The third-order valence-electron chi connectivity index (χ3n) is 12.4. The fourth-order valence-corrected chi connectivity index (χ4v) is 8.17. The summed E-state index contributed by atoms with van der Waals surface area (Å²) in [6, 6.07) is 0. The maximum Gasteiger partial charge on any atom is 0.306 e. The zero-order chi connectivity index (χ0) is 45.4. The lowest BCUT2D eigenvalue weighted by atomic mass is 10.0. The number of carbonyl (C=O) groups excluding carboxylic acids is 4. The van der Waals surface area contributed by atoms with E-state index in [1.807, 2.05) is 0 Å². The molecule has 0 aromatic carbocycles. The Bertz CT molecular complexity index is 997. The largest absolute Gasteiger partial charge is 0.462 e. The second-order valence-electron chi connectivity index (χ2n) is 18.7. The second-order valence-corrected chi connectivity index (χ2v) is 18.7. The molecule has 0 bridgehead atoms. The molecule has 8 nitrogen and oxygen atoms in total. The molecule has 0 amide bonds. The third-order valence-corrected chi connectivity index (χ3v) is 12.4. The van der Waals surface area contributed by atoms with Crippen LogP contribution in [0.2, 0.25) is 0 Å². The summed E-state index contributed by atoms with van der Waals surface area (Å²) in [7, 11) is 0. The number of aliphatic hydroxyl groups is 1. The highest BCUT2D eigenvalue weighted by atomic mass is 16.6. The zero-order valence-electron chi connectivity index (χ0n) is 41.3. The fourth-order valence-electron chi connectivity index (χ4n) is 8.17. The zero-order valence-corrected chi connectivity index (χ0v) is 41.3. The van der Waals surface area contributed by atoms with Gasteiger partial charge in [0, 0.05) is 25.7 Å². The molecule has 0 radical (unpaired) electrons. The Morgan fingerprint density at radius 1 is 0.339 bits per heavy atom. The van der Waals surface area contributed by atoms with Crippen LogP contribution in [0.1, 0.15) is 297 Å². The Balaban J connectivity index is 4.29.